The molecule has 0 radical (unpaired) electrons. The number of hydrogen-bond acceptors (Lipinski definition) is 5. The van der Waals surface area contributed by atoms with Crippen LogP contribution in [-0.2, 0) is 10.0 Å². The number of benzene rings is 3. The van der Waals surface area contributed by atoms with Gasteiger partial charge in [-0.3, -0.25) is 4.79 Å². The van der Waals surface area contributed by atoms with Crippen molar-refractivity contribution in [3.63, 3.8) is 0 Å². The molecule has 8 nitrogen and oxygen atoms in total. The molecule has 0 unspecified atom stereocenters. The molecule has 1 aromatic heterocycles. The topological polar surface area (TPSA) is 103 Å². The van der Waals surface area contributed by atoms with Crippen LogP contribution in [0.2, 0.25) is 5.02 Å². The van der Waals surface area contributed by atoms with E-state index in [1.807, 2.05) is 0 Å². The third-order valence-corrected chi connectivity index (χ3v) is 8.19. The highest BCUT2D eigenvalue weighted by atomic mass is 35.5. The second kappa shape index (κ2) is 10.4. The molecule has 1 aliphatic heterocycles. The molecule has 186 valence electrons. The van der Waals surface area contributed by atoms with E-state index in [1.54, 1.807) is 71.6 Å². The van der Waals surface area contributed by atoms with E-state index in [2.05, 4.69) is 9.97 Å². The summed E-state index contributed by atoms with van der Waals surface area (Å²) in [6, 6.07) is 18.9. The largest absolute Gasteiger partial charge is 0.345 e. The number of sulfonamides is 1. The molecule has 0 bridgehead atoms. The van der Waals surface area contributed by atoms with Crippen molar-refractivity contribution in [3.05, 3.63) is 94.0 Å². The zero-order valence-corrected chi connectivity index (χ0v) is 21.3. The quantitative estimate of drug-likeness (QED) is 0.420. The fourth-order valence-electron chi connectivity index (χ4n) is 4.24. The normalized spacial score (nSPS) is 14.4. The van der Waals surface area contributed by atoms with Crippen LogP contribution < -0.4 is 5.69 Å². The lowest BCUT2D eigenvalue weighted by Gasteiger charge is -2.34. The van der Waals surface area contributed by atoms with E-state index in [1.165, 1.54) is 10.5 Å². The van der Waals surface area contributed by atoms with Gasteiger partial charge in [0.15, 0.2) is 0 Å². The van der Waals surface area contributed by atoms with Crippen molar-refractivity contribution in [2.75, 3.05) is 26.2 Å². The molecule has 4 aromatic rings. The van der Waals surface area contributed by atoms with E-state index >= 15 is 0 Å². The van der Waals surface area contributed by atoms with Gasteiger partial charge in [-0.25, -0.2) is 18.2 Å². The van der Waals surface area contributed by atoms with Gasteiger partial charge in [0, 0.05) is 48.5 Å². The lowest BCUT2D eigenvalue weighted by atomic mass is 10.0. The molecule has 0 atom stereocenters. The van der Waals surface area contributed by atoms with Gasteiger partial charge in [-0.2, -0.15) is 4.31 Å². The average molecular weight is 545 g/mol. The van der Waals surface area contributed by atoms with Gasteiger partial charge in [0.2, 0.25) is 10.0 Å². The van der Waals surface area contributed by atoms with Crippen molar-refractivity contribution in [2.24, 2.45) is 0 Å². The van der Waals surface area contributed by atoms with Crippen LogP contribution in [0.15, 0.2) is 82.6 Å². The van der Waals surface area contributed by atoms with Gasteiger partial charge in [0.25, 0.3) is 5.91 Å². The van der Waals surface area contributed by atoms with E-state index in [0.717, 1.165) is 10.8 Å². The standard InChI is InChI=1S/C25H21ClN4O4S.ClH/c26-19-7-5-18-16-20(8-6-17(18)15-19)35(33,34)30-13-11-29(12-14-30)24(31)22-4-2-1-3-21(22)23-9-10-27-25(32)28-23;/h1-10,15-16H,11-14H2,(H,27,28,32);1H. The maximum Gasteiger partial charge on any atom is 0.345 e. The Bertz CT molecular complexity index is 1600. The molecule has 1 saturated heterocycles. The van der Waals surface area contributed by atoms with Crippen LogP contribution in [0.5, 0.6) is 0 Å². The van der Waals surface area contributed by atoms with Crippen molar-refractivity contribution in [1.82, 2.24) is 19.2 Å². The summed E-state index contributed by atoms with van der Waals surface area (Å²) < 4.78 is 27.9. The highest BCUT2D eigenvalue weighted by molar-refractivity contribution is 7.89. The van der Waals surface area contributed by atoms with Crippen LogP contribution in [0.3, 0.4) is 0 Å². The van der Waals surface area contributed by atoms with Crippen LogP contribution in [0, 0.1) is 0 Å². The Morgan fingerprint density at radius 2 is 1.61 bits per heavy atom. The summed E-state index contributed by atoms with van der Waals surface area (Å²) in [5.41, 5.74) is 1.01. The SMILES string of the molecule is Cl.O=C(c1ccccc1-c1ccnc(=O)[nH]1)N1CCN(S(=O)(=O)c2ccc3cc(Cl)ccc3c2)CC1. The maximum absolute atomic E-state index is 13.3. The molecule has 11 heteroatoms. The van der Waals surface area contributed by atoms with Crippen LogP contribution in [0.25, 0.3) is 22.0 Å². The molecule has 1 N–H and O–H groups in total. The van der Waals surface area contributed by atoms with Gasteiger partial charge in [0.1, 0.15) is 0 Å². The smallest absolute Gasteiger partial charge is 0.336 e. The first-order chi connectivity index (χ1) is 16.8. The van der Waals surface area contributed by atoms with Crippen LogP contribution in [0.4, 0.5) is 0 Å². The number of aromatic nitrogens is 2. The maximum atomic E-state index is 13.3. The summed E-state index contributed by atoms with van der Waals surface area (Å²) >= 11 is 6.03. The Balaban J connectivity index is 0.00000304. The summed E-state index contributed by atoms with van der Waals surface area (Å²) in [5.74, 6) is -0.224. The molecule has 1 amide bonds. The zero-order valence-electron chi connectivity index (χ0n) is 18.9. The number of H-pyrrole nitrogens is 1. The summed E-state index contributed by atoms with van der Waals surface area (Å²) in [6.07, 6.45) is 1.39. The van der Waals surface area contributed by atoms with E-state index in [0.29, 0.717) is 21.8 Å². The molecule has 3 aromatic carbocycles. The minimum absolute atomic E-state index is 0. The Morgan fingerprint density at radius 3 is 2.36 bits per heavy atom. The van der Waals surface area contributed by atoms with Gasteiger partial charge >= 0.3 is 5.69 Å². The Morgan fingerprint density at radius 1 is 0.917 bits per heavy atom. The number of carbonyl (C=O) groups excluding carboxylic acids is 1. The predicted octanol–water partition coefficient (Wildman–Crippen LogP) is 3.81. The third-order valence-electron chi connectivity index (χ3n) is 6.06. The number of halogens is 2. The summed E-state index contributed by atoms with van der Waals surface area (Å²) in [6.45, 7) is 0.868. The molecular formula is C25H22Cl2N4O4S. The van der Waals surface area contributed by atoms with Crippen LogP contribution in [0.1, 0.15) is 10.4 Å². The lowest BCUT2D eigenvalue weighted by molar-refractivity contribution is 0.0698. The van der Waals surface area contributed by atoms with Crippen LogP contribution in [-0.4, -0.2) is 59.7 Å². The molecule has 1 aliphatic rings. The number of nitrogens with zero attached hydrogens (tertiary/aromatic N) is 3. The van der Waals surface area contributed by atoms with Gasteiger partial charge in [-0.15, -0.1) is 12.4 Å². The van der Waals surface area contributed by atoms with Crippen molar-refractivity contribution in [1.29, 1.82) is 0 Å². The minimum Gasteiger partial charge on any atom is -0.336 e. The molecular weight excluding hydrogens is 523 g/mol. The average Bonchev–Trinajstić information content (AvgIpc) is 2.88. The minimum atomic E-state index is -3.72. The second-order valence-corrected chi connectivity index (χ2v) is 10.6. The van der Waals surface area contributed by atoms with Gasteiger partial charge in [-0.1, -0.05) is 41.9 Å². The van der Waals surface area contributed by atoms with Gasteiger partial charge < -0.3 is 9.88 Å². The number of aromatic amines is 1. The molecule has 2 heterocycles. The number of rotatable bonds is 4. The molecule has 0 saturated carbocycles. The zero-order chi connectivity index (χ0) is 24.6. The Kier molecular flexibility index (Phi) is 7.46. The first-order valence-corrected chi connectivity index (χ1v) is 12.8. The molecule has 0 spiro atoms. The highest BCUT2D eigenvalue weighted by Gasteiger charge is 2.31. The van der Waals surface area contributed by atoms with Crippen LogP contribution >= 0.6 is 24.0 Å². The molecule has 5 rings (SSSR count). The molecule has 1 fully saturated rings. The lowest BCUT2D eigenvalue weighted by Crippen LogP contribution is -2.50. The Hall–Kier alpha value is -3.24. The monoisotopic (exact) mass is 544 g/mol. The highest BCUT2D eigenvalue weighted by Crippen LogP contribution is 2.26. The fraction of sp³-hybridized carbons (Fsp3) is 0.160. The number of nitrogens with one attached hydrogen (secondary N) is 1. The first-order valence-electron chi connectivity index (χ1n) is 11.0. The molecule has 0 aliphatic carbocycles. The number of hydrogen-bond donors (Lipinski definition) is 1. The summed E-state index contributed by atoms with van der Waals surface area (Å²) in [7, 11) is -3.72. The summed E-state index contributed by atoms with van der Waals surface area (Å²) in [5, 5.41) is 2.24. The van der Waals surface area contributed by atoms with Crippen molar-refractivity contribution < 1.29 is 13.2 Å². The number of fused-ring (bicyclic) bond motifs is 1. The van der Waals surface area contributed by atoms with Crippen molar-refractivity contribution >= 4 is 50.7 Å². The van der Waals surface area contributed by atoms with Crippen molar-refractivity contribution in [3.8, 4) is 11.3 Å². The summed E-state index contributed by atoms with van der Waals surface area (Å²) in [4.78, 5) is 33.1. The van der Waals surface area contributed by atoms with E-state index in [4.69, 9.17) is 11.6 Å². The number of amides is 1. The first kappa shape index (κ1) is 25.8. The van der Waals surface area contributed by atoms with Gasteiger partial charge in [0.05, 0.1) is 10.6 Å². The Labute approximate surface area is 219 Å². The van der Waals surface area contributed by atoms with Gasteiger partial charge in [-0.05, 0) is 47.2 Å². The molecule has 36 heavy (non-hydrogen) atoms. The van der Waals surface area contributed by atoms with E-state index in [-0.39, 0.29) is 49.4 Å². The van der Waals surface area contributed by atoms with E-state index in [9.17, 15) is 18.0 Å². The fourth-order valence-corrected chi connectivity index (χ4v) is 5.87. The third kappa shape index (κ3) is 5.01. The number of piperazine rings is 1. The van der Waals surface area contributed by atoms with Crippen molar-refractivity contribution in [2.45, 2.75) is 4.90 Å². The number of carbonyl (C=O) groups is 1. The van der Waals surface area contributed by atoms with E-state index < -0.39 is 15.7 Å². The second-order valence-electron chi connectivity index (χ2n) is 8.18. The predicted molar refractivity (Wildman–Crippen MR) is 141 cm³/mol.